The number of carbonyl (C=O) groups excluding carboxylic acids is 1. The minimum Gasteiger partial charge on any atom is -0.381 e. The standard InChI is InChI=1S/C16H22N2O2/c1-14(2)13-20-11-8-16(19)18(10-9-17)12-15-6-4-3-5-7-15/h3-7,14H,8,10-13H2,1-2H3. The van der Waals surface area contributed by atoms with E-state index in [9.17, 15) is 4.79 Å². The van der Waals surface area contributed by atoms with Crippen molar-refractivity contribution in [1.29, 1.82) is 5.26 Å². The van der Waals surface area contributed by atoms with E-state index in [1.807, 2.05) is 36.4 Å². The van der Waals surface area contributed by atoms with Crippen LogP contribution in [0.5, 0.6) is 0 Å². The second-order valence-corrected chi connectivity index (χ2v) is 5.11. The smallest absolute Gasteiger partial charge is 0.226 e. The Morgan fingerprint density at radius 2 is 2.05 bits per heavy atom. The fourth-order valence-electron chi connectivity index (χ4n) is 1.76. The molecular formula is C16H22N2O2. The van der Waals surface area contributed by atoms with Crippen molar-refractivity contribution in [1.82, 2.24) is 4.90 Å². The van der Waals surface area contributed by atoms with E-state index < -0.39 is 0 Å². The zero-order valence-electron chi connectivity index (χ0n) is 12.2. The van der Waals surface area contributed by atoms with E-state index in [2.05, 4.69) is 13.8 Å². The van der Waals surface area contributed by atoms with Gasteiger partial charge in [0.2, 0.25) is 5.91 Å². The van der Waals surface area contributed by atoms with Crippen molar-refractivity contribution in [2.45, 2.75) is 26.8 Å². The Morgan fingerprint density at radius 3 is 2.65 bits per heavy atom. The van der Waals surface area contributed by atoms with Crippen LogP contribution >= 0.6 is 0 Å². The molecule has 4 heteroatoms. The highest BCUT2D eigenvalue weighted by molar-refractivity contribution is 5.76. The molecule has 20 heavy (non-hydrogen) atoms. The Balaban J connectivity index is 2.45. The zero-order chi connectivity index (χ0) is 14.8. The molecule has 108 valence electrons. The molecule has 0 heterocycles. The van der Waals surface area contributed by atoms with Crippen molar-refractivity contribution in [3.05, 3.63) is 35.9 Å². The molecule has 1 rings (SSSR count). The van der Waals surface area contributed by atoms with Crippen molar-refractivity contribution >= 4 is 5.91 Å². The molecule has 0 unspecified atom stereocenters. The van der Waals surface area contributed by atoms with Crippen LogP contribution in [0, 0.1) is 17.2 Å². The SMILES string of the molecule is CC(C)COCCC(=O)N(CC#N)Cc1ccccc1. The minimum atomic E-state index is -0.0424. The average molecular weight is 274 g/mol. The number of nitriles is 1. The number of rotatable bonds is 8. The van der Waals surface area contributed by atoms with Crippen LogP contribution in [0.4, 0.5) is 0 Å². The highest BCUT2D eigenvalue weighted by Gasteiger charge is 2.13. The molecule has 0 atom stereocenters. The molecule has 0 aromatic heterocycles. The fraction of sp³-hybridized carbons (Fsp3) is 0.500. The number of nitrogens with zero attached hydrogens (tertiary/aromatic N) is 2. The van der Waals surface area contributed by atoms with Crippen LogP contribution in [-0.2, 0) is 16.1 Å². The Bertz CT molecular complexity index is 438. The summed E-state index contributed by atoms with van der Waals surface area (Å²) in [5.41, 5.74) is 1.03. The van der Waals surface area contributed by atoms with Crippen LogP contribution in [0.3, 0.4) is 0 Å². The lowest BCUT2D eigenvalue weighted by molar-refractivity contribution is -0.132. The zero-order valence-corrected chi connectivity index (χ0v) is 12.2. The predicted molar refractivity (Wildman–Crippen MR) is 77.7 cm³/mol. The summed E-state index contributed by atoms with van der Waals surface area (Å²) in [5, 5.41) is 8.83. The monoisotopic (exact) mass is 274 g/mol. The summed E-state index contributed by atoms with van der Waals surface area (Å²) in [4.78, 5) is 13.6. The first-order valence-electron chi connectivity index (χ1n) is 6.90. The van der Waals surface area contributed by atoms with Gasteiger partial charge in [0.05, 0.1) is 19.1 Å². The Hall–Kier alpha value is -1.86. The van der Waals surface area contributed by atoms with Crippen molar-refractivity contribution in [3.63, 3.8) is 0 Å². The first-order valence-corrected chi connectivity index (χ1v) is 6.90. The predicted octanol–water partition coefficient (Wildman–Crippen LogP) is 2.60. The third-order valence-electron chi connectivity index (χ3n) is 2.74. The molecule has 1 amide bonds. The van der Waals surface area contributed by atoms with Gasteiger partial charge in [0.1, 0.15) is 6.54 Å². The Morgan fingerprint density at radius 1 is 1.35 bits per heavy atom. The van der Waals surface area contributed by atoms with Crippen molar-refractivity contribution in [3.8, 4) is 6.07 Å². The van der Waals surface area contributed by atoms with E-state index in [1.165, 1.54) is 0 Å². The lowest BCUT2D eigenvalue weighted by Crippen LogP contribution is -2.31. The maximum atomic E-state index is 12.1. The molecule has 1 aromatic carbocycles. The molecule has 0 radical (unpaired) electrons. The van der Waals surface area contributed by atoms with Crippen LogP contribution in [0.15, 0.2) is 30.3 Å². The summed E-state index contributed by atoms with van der Waals surface area (Å²) in [7, 11) is 0. The van der Waals surface area contributed by atoms with Crippen LogP contribution < -0.4 is 0 Å². The number of ether oxygens (including phenoxy) is 1. The van der Waals surface area contributed by atoms with Gasteiger partial charge in [-0.25, -0.2) is 0 Å². The number of amides is 1. The molecule has 0 aliphatic carbocycles. The fourth-order valence-corrected chi connectivity index (χ4v) is 1.76. The number of benzene rings is 1. The van der Waals surface area contributed by atoms with Crippen molar-refractivity contribution in [2.75, 3.05) is 19.8 Å². The molecule has 0 aliphatic heterocycles. The molecular weight excluding hydrogens is 252 g/mol. The number of carbonyl (C=O) groups is 1. The maximum Gasteiger partial charge on any atom is 0.226 e. The summed E-state index contributed by atoms with van der Waals surface area (Å²) < 4.78 is 5.41. The van der Waals surface area contributed by atoms with Gasteiger partial charge < -0.3 is 9.64 Å². The maximum absolute atomic E-state index is 12.1. The number of hydrogen-bond acceptors (Lipinski definition) is 3. The molecule has 0 aliphatic rings. The van der Waals surface area contributed by atoms with Crippen molar-refractivity contribution < 1.29 is 9.53 Å². The molecule has 0 saturated heterocycles. The molecule has 0 bridgehead atoms. The van der Waals surface area contributed by atoms with Gasteiger partial charge in [-0.15, -0.1) is 0 Å². The largest absolute Gasteiger partial charge is 0.381 e. The topological polar surface area (TPSA) is 53.3 Å². The van der Waals surface area contributed by atoms with Crippen LogP contribution in [-0.4, -0.2) is 30.6 Å². The van der Waals surface area contributed by atoms with Gasteiger partial charge in [0, 0.05) is 13.2 Å². The van der Waals surface area contributed by atoms with Crippen LogP contribution in [0.1, 0.15) is 25.8 Å². The lowest BCUT2D eigenvalue weighted by atomic mass is 10.2. The van der Waals surface area contributed by atoms with Crippen LogP contribution in [0.25, 0.3) is 0 Å². The lowest BCUT2D eigenvalue weighted by Gasteiger charge is -2.19. The first kappa shape index (κ1) is 16.2. The molecule has 4 nitrogen and oxygen atoms in total. The highest BCUT2D eigenvalue weighted by Crippen LogP contribution is 2.06. The van der Waals surface area contributed by atoms with E-state index >= 15 is 0 Å². The normalized spacial score (nSPS) is 10.3. The van der Waals surface area contributed by atoms with Gasteiger partial charge in [0.25, 0.3) is 0 Å². The van der Waals surface area contributed by atoms with E-state index in [-0.39, 0.29) is 12.5 Å². The molecule has 1 aromatic rings. The van der Waals surface area contributed by atoms with Gasteiger partial charge >= 0.3 is 0 Å². The summed E-state index contributed by atoms with van der Waals surface area (Å²) >= 11 is 0. The van der Waals surface area contributed by atoms with Crippen LogP contribution in [0.2, 0.25) is 0 Å². The molecule has 0 N–H and O–H groups in total. The van der Waals surface area contributed by atoms with Gasteiger partial charge in [0.15, 0.2) is 0 Å². The van der Waals surface area contributed by atoms with E-state index in [0.29, 0.717) is 32.1 Å². The van der Waals surface area contributed by atoms with Gasteiger partial charge in [-0.2, -0.15) is 5.26 Å². The number of hydrogen-bond donors (Lipinski definition) is 0. The second-order valence-electron chi connectivity index (χ2n) is 5.11. The van der Waals surface area contributed by atoms with Gasteiger partial charge in [-0.05, 0) is 11.5 Å². The molecule has 0 fully saturated rings. The van der Waals surface area contributed by atoms with Crippen molar-refractivity contribution in [2.24, 2.45) is 5.92 Å². The van der Waals surface area contributed by atoms with E-state index in [4.69, 9.17) is 10.00 Å². The minimum absolute atomic E-state index is 0.0424. The van der Waals surface area contributed by atoms with E-state index in [0.717, 1.165) is 5.56 Å². The quantitative estimate of drug-likeness (QED) is 0.541. The van der Waals surface area contributed by atoms with Gasteiger partial charge in [-0.1, -0.05) is 44.2 Å². The second kappa shape index (κ2) is 9.11. The summed E-state index contributed by atoms with van der Waals surface area (Å²) in [5.74, 6) is 0.420. The summed E-state index contributed by atoms with van der Waals surface area (Å²) in [6.07, 6.45) is 0.321. The van der Waals surface area contributed by atoms with E-state index in [1.54, 1.807) is 4.90 Å². The summed E-state index contributed by atoms with van der Waals surface area (Å²) in [6, 6.07) is 11.7. The third kappa shape index (κ3) is 6.35. The van der Waals surface area contributed by atoms with Gasteiger partial charge in [-0.3, -0.25) is 4.79 Å². The first-order chi connectivity index (χ1) is 9.63. The average Bonchev–Trinajstić information content (AvgIpc) is 2.44. The summed E-state index contributed by atoms with van der Waals surface area (Å²) in [6.45, 7) is 5.78. The highest BCUT2D eigenvalue weighted by atomic mass is 16.5. The Kier molecular flexibility index (Phi) is 7.38. The Labute approximate surface area is 121 Å². The molecule has 0 saturated carbocycles. The third-order valence-corrected chi connectivity index (χ3v) is 2.74. The molecule has 0 spiro atoms.